The number of aliphatic carboxylic acids is 1. The van der Waals surface area contributed by atoms with Crippen LogP contribution in [0.4, 0.5) is 0 Å². The van der Waals surface area contributed by atoms with Crippen LogP contribution in [-0.4, -0.2) is 43.0 Å². The van der Waals surface area contributed by atoms with Gasteiger partial charge in [0.15, 0.2) is 11.5 Å². The molecule has 0 radical (unpaired) electrons. The summed E-state index contributed by atoms with van der Waals surface area (Å²) in [5.41, 5.74) is 0.286. The first-order chi connectivity index (χ1) is 9.90. The molecule has 0 atom stereocenters. The van der Waals surface area contributed by atoms with E-state index in [2.05, 4.69) is 0 Å². The fourth-order valence-corrected chi connectivity index (χ4v) is 3.01. The second kappa shape index (κ2) is 6.15. The molecule has 8 heteroatoms. The highest BCUT2D eigenvalue weighted by molar-refractivity contribution is 8.26. The van der Waals surface area contributed by atoms with Crippen molar-refractivity contribution in [3.8, 4) is 11.5 Å². The minimum absolute atomic E-state index is 0.00334. The Morgan fingerprint density at radius 2 is 2.10 bits per heavy atom. The molecular formula is C13H11NO5S2. The van der Waals surface area contributed by atoms with Crippen LogP contribution in [-0.2, 0) is 9.59 Å². The van der Waals surface area contributed by atoms with Gasteiger partial charge in [0, 0.05) is 12.1 Å². The number of para-hydroxylation sites is 1. The smallest absolute Gasteiger partial charge is 0.305 e. The lowest BCUT2D eigenvalue weighted by Crippen LogP contribution is -2.30. The molecule has 0 aromatic heterocycles. The number of nitrogens with zero attached hydrogens (tertiary/aromatic N) is 1. The Morgan fingerprint density at radius 1 is 1.38 bits per heavy atom. The second-order valence-electron chi connectivity index (χ2n) is 4.19. The molecular weight excluding hydrogens is 314 g/mol. The van der Waals surface area contributed by atoms with E-state index in [0.29, 0.717) is 0 Å². The molecule has 1 aliphatic rings. The maximum absolute atomic E-state index is 12.1. The number of benzene rings is 1. The lowest BCUT2D eigenvalue weighted by atomic mass is 10.1. The molecule has 110 valence electrons. The van der Waals surface area contributed by atoms with E-state index in [4.69, 9.17) is 17.3 Å². The highest BCUT2D eigenvalue weighted by Gasteiger charge is 2.32. The first-order valence-corrected chi connectivity index (χ1v) is 7.10. The Balaban J connectivity index is 2.24. The number of rotatable bonds is 4. The molecule has 1 saturated heterocycles. The molecule has 0 aliphatic carbocycles. The van der Waals surface area contributed by atoms with Gasteiger partial charge < -0.3 is 15.3 Å². The van der Waals surface area contributed by atoms with E-state index < -0.39 is 11.9 Å². The van der Waals surface area contributed by atoms with Gasteiger partial charge in [-0.05, 0) is 12.1 Å². The summed E-state index contributed by atoms with van der Waals surface area (Å²) >= 11 is 6.07. The highest BCUT2D eigenvalue weighted by atomic mass is 32.2. The third-order valence-corrected chi connectivity index (χ3v) is 4.13. The number of hydrogen-bond donors (Lipinski definition) is 3. The summed E-state index contributed by atoms with van der Waals surface area (Å²) in [5.74, 6) is -2.04. The number of amides is 1. The van der Waals surface area contributed by atoms with E-state index in [-0.39, 0.29) is 39.3 Å². The summed E-state index contributed by atoms with van der Waals surface area (Å²) in [6, 6.07) is 4.40. The SMILES string of the molecule is O=C(O)CCN1C(=O)/C(=C/c2cccc(O)c2O)SC1=S. The van der Waals surface area contributed by atoms with Gasteiger partial charge in [0.1, 0.15) is 4.32 Å². The van der Waals surface area contributed by atoms with Crippen molar-refractivity contribution in [1.82, 2.24) is 4.90 Å². The zero-order valence-corrected chi connectivity index (χ0v) is 12.3. The topological polar surface area (TPSA) is 98.1 Å². The molecule has 0 unspecified atom stereocenters. The van der Waals surface area contributed by atoms with Crippen LogP contribution in [0.2, 0.25) is 0 Å². The van der Waals surface area contributed by atoms with Gasteiger partial charge in [-0.2, -0.15) is 0 Å². The zero-order valence-electron chi connectivity index (χ0n) is 10.6. The van der Waals surface area contributed by atoms with Crippen molar-refractivity contribution in [3.63, 3.8) is 0 Å². The van der Waals surface area contributed by atoms with Crippen LogP contribution < -0.4 is 0 Å². The number of carboxylic acids is 1. The molecule has 21 heavy (non-hydrogen) atoms. The monoisotopic (exact) mass is 325 g/mol. The van der Waals surface area contributed by atoms with Gasteiger partial charge >= 0.3 is 5.97 Å². The first kappa shape index (κ1) is 15.3. The minimum atomic E-state index is -1.02. The number of hydrogen-bond acceptors (Lipinski definition) is 6. The molecule has 2 rings (SSSR count). The molecule has 1 aliphatic heterocycles. The van der Waals surface area contributed by atoms with E-state index in [9.17, 15) is 19.8 Å². The van der Waals surface area contributed by atoms with E-state index in [1.807, 2.05) is 0 Å². The number of thiocarbonyl (C=S) groups is 1. The summed E-state index contributed by atoms with van der Waals surface area (Å²) < 4.78 is 0.271. The van der Waals surface area contributed by atoms with Crippen molar-refractivity contribution >= 4 is 46.3 Å². The van der Waals surface area contributed by atoms with Gasteiger partial charge in [-0.25, -0.2) is 0 Å². The quantitative estimate of drug-likeness (QED) is 0.441. The Morgan fingerprint density at radius 3 is 2.76 bits per heavy atom. The van der Waals surface area contributed by atoms with Crippen LogP contribution in [0.3, 0.4) is 0 Å². The molecule has 3 N–H and O–H groups in total. The van der Waals surface area contributed by atoms with Crippen LogP contribution in [0.1, 0.15) is 12.0 Å². The standard InChI is InChI=1S/C13H11NO5S2/c15-8-3-1-2-7(11(8)18)6-9-12(19)14(13(20)21-9)5-4-10(16)17/h1-3,6,15,18H,4-5H2,(H,16,17)/b9-6-. The number of carbonyl (C=O) groups excluding carboxylic acids is 1. The van der Waals surface area contributed by atoms with Crippen LogP contribution in [0, 0.1) is 0 Å². The third-order valence-electron chi connectivity index (χ3n) is 2.76. The number of aromatic hydroxyl groups is 2. The summed E-state index contributed by atoms with van der Waals surface area (Å²) in [6.45, 7) is 0.00334. The largest absolute Gasteiger partial charge is 0.504 e. The fraction of sp³-hybridized carbons (Fsp3) is 0.154. The Bertz CT molecular complexity index is 656. The normalized spacial score (nSPS) is 16.8. The van der Waals surface area contributed by atoms with Gasteiger partial charge in [0.2, 0.25) is 0 Å². The first-order valence-electron chi connectivity index (χ1n) is 5.88. The Labute approximate surface area is 129 Å². The van der Waals surface area contributed by atoms with E-state index in [1.54, 1.807) is 6.07 Å². The average Bonchev–Trinajstić information content (AvgIpc) is 2.68. The molecule has 6 nitrogen and oxygen atoms in total. The molecule has 1 heterocycles. The van der Waals surface area contributed by atoms with Gasteiger partial charge in [-0.15, -0.1) is 0 Å². The van der Waals surface area contributed by atoms with Crippen LogP contribution >= 0.6 is 24.0 Å². The predicted octanol–water partition coefficient (Wildman–Crippen LogP) is 1.77. The maximum Gasteiger partial charge on any atom is 0.305 e. The van der Waals surface area contributed by atoms with Gasteiger partial charge in [0.25, 0.3) is 5.91 Å². The summed E-state index contributed by atoms with van der Waals surface area (Å²) in [6.07, 6.45) is 1.21. The molecule has 1 aromatic carbocycles. The summed E-state index contributed by atoms with van der Waals surface area (Å²) in [5, 5.41) is 27.8. The summed E-state index contributed by atoms with van der Waals surface area (Å²) in [7, 11) is 0. The van der Waals surface area contributed by atoms with Crippen molar-refractivity contribution in [1.29, 1.82) is 0 Å². The van der Waals surface area contributed by atoms with Crippen LogP contribution in [0.5, 0.6) is 11.5 Å². The number of carbonyl (C=O) groups is 2. The van der Waals surface area contributed by atoms with Gasteiger partial charge in [-0.3, -0.25) is 14.5 Å². The minimum Gasteiger partial charge on any atom is -0.504 e. The third kappa shape index (κ3) is 3.34. The fourth-order valence-electron chi connectivity index (χ4n) is 1.71. The van der Waals surface area contributed by atoms with E-state index in [0.717, 1.165) is 11.8 Å². The Kier molecular flexibility index (Phi) is 4.49. The lowest BCUT2D eigenvalue weighted by molar-refractivity contribution is -0.137. The van der Waals surface area contributed by atoms with Crippen molar-refractivity contribution < 1.29 is 24.9 Å². The number of phenols is 2. The van der Waals surface area contributed by atoms with Crippen molar-refractivity contribution in [2.75, 3.05) is 6.54 Å². The lowest BCUT2D eigenvalue weighted by Gasteiger charge is -2.12. The predicted molar refractivity (Wildman–Crippen MR) is 81.9 cm³/mol. The second-order valence-corrected chi connectivity index (χ2v) is 5.87. The number of phenolic OH excluding ortho intramolecular Hbond substituents is 2. The molecule has 1 fully saturated rings. The molecule has 0 bridgehead atoms. The van der Waals surface area contributed by atoms with Gasteiger partial charge in [0.05, 0.1) is 11.3 Å². The van der Waals surface area contributed by atoms with Crippen LogP contribution in [0.25, 0.3) is 6.08 Å². The molecule has 1 amide bonds. The maximum atomic E-state index is 12.1. The van der Waals surface area contributed by atoms with E-state index >= 15 is 0 Å². The molecule has 0 spiro atoms. The highest BCUT2D eigenvalue weighted by Crippen LogP contribution is 2.36. The molecule has 0 saturated carbocycles. The number of thioether (sulfide) groups is 1. The average molecular weight is 325 g/mol. The Hall–Kier alpha value is -2.06. The molecule has 1 aromatic rings. The zero-order chi connectivity index (χ0) is 15.6. The van der Waals surface area contributed by atoms with Crippen molar-refractivity contribution in [2.45, 2.75) is 6.42 Å². The van der Waals surface area contributed by atoms with E-state index in [1.165, 1.54) is 23.1 Å². The summed E-state index contributed by atoms with van der Waals surface area (Å²) in [4.78, 5) is 24.2. The van der Waals surface area contributed by atoms with Crippen molar-refractivity contribution in [3.05, 3.63) is 28.7 Å². The number of carboxylic acid groups (broad SMARTS) is 1. The van der Waals surface area contributed by atoms with Crippen LogP contribution in [0.15, 0.2) is 23.1 Å². The van der Waals surface area contributed by atoms with Gasteiger partial charge in [-0.1, -0.05) is 36.1 Å². The van der Waals surface area contributed by atoms with Crippen molar-refractivity contribution in [2.24, 2.45) is 0 Å².